The number of allylic oxidation sites excluding steroid dienone is 2. The molecule has 0 aromatic heterocycles. The highest BCUT2D eigenvalue weighted by molar-refractivity contribution is 6.37. The standard InChI is InChI=1S/C34H28Cl4N6O4/c1-17-13-21(5-9-27(17)41-43-31(19(3)45)33(47)39-29-11-7-23(35)15-25(29)37)22-6-10-28(18(2)14-22)42-44-32(20(4)46)34(48)40-30-12-8-24(36)16-26(30)38/h5-16,45-46H,1-4H3,(H,39,47)(H,40,48)/b31-19-,32-20-,43-41?,44-42?. The predicted molar refractivity (Wildman–Crippen MR) is 191 cm³/mol. The van der Waals surface area contributed by atoms with Gasteiger partial charge in [0.15, 0.2) is 11.4 Å². The molecule has 2 amide bonds. The lowest BCUT2D eigenvalue weighted by atomic mass is 10.0. The molecule has 4 rings (SSSR count). The van der Waals surface area contributed by atoms with Crippen molar-refractivity contribution < 1.29 is 19.8 Å². The first-order chi connectivity index (χ1) is 22.7. The third-order valence-electron chi connectivity index (χ3n) is 6.72. The first-order valence-electron chi connectivity index (χ1n) is 14.1. The largest absolute Gasteiger partial charge is 0.510 e. The van der Waals surface area contributed by atoms with E-state index in [0.29, 0.717) is 32.8 Å². The van der Waals surface area contributed by atoms with Crippen LogP contribution in [0.3, 0.4) is 0 Å². The van der Waals surface area contributed by atoms with E-state index in [-0.39, 0.29) is 33.0 Å². The number of nitrogens with one attached hydrogen (secondary N) is 2. The van der Waals surface area contributed by atoms with Crippen LogP contribution in [0, 0.1) is 13.8 Å². The van der Waals surface area contributed by atoms with Crippen molar-refractivity contribution in [2.75, 3.05) is 10.6 Å². The van der Waals surface area contributed by atoms with Crippen molar-refractivity contribution in [3.05, 3.63) is 127 Å². The quantitative estimate of drug-likeness (QED) is 0.0771. The summed E-state index contributed by atoms with van der Waals surface area (Å²) in [7, 11) is 0. The van der Waals surface area contributed by atoms with Crippen molar-refractivity contribution in [1.29, 1.82) is 0 Å². The van der Waals surface area contributed by atoms with Gasteiger partial charge in [-0.2, -0.15) is 0 Å². The summed E-state index contributed by atoms with van der Waals surface area (Å²) in [5.74, 6) is -2.06. The Morgan fingerprint density at radius 3 is 1.27 bits per heavy atom. The molecule has 4 aromatic carbocycles. The number of anilines is 2. The van der Waals surface area contributed by atoms with Gasteiger partial charge in [0, 0.05) is 10.0 Å². The normalized spacial score (nSPS) is 12.6. The first kappa shape index (κ1) is 36.1. The number of carbonyl (C=O) groups is 2. The molecule has 4 aromatic rings. The molecule has 246 valence electrons. The molecule has 4 N–H and O–H groups in total. The Hall–Kier alpha value is -4.74. The van der Waals surface area contributed by atoms with Crippen molar-refractivity contribution in [3.63, 3.8) is 0 Å². The average molecular weight is 726 g/mol. The zero-order valence-electron chi connectivity index (χ0n) is 25.9. The van der Waals surface area contributed by atoms with Crippen LogP contribution >= 0.6 is 46.4 Å². The minimum atomic E-state index is -0.701. The molecule has 10 nitrogen and oxygen atoms in total. The summed E-state index contributed by atoms with van der Waals surface area (Å²) >= 11 is 24.1. The highest BCUT2D eigenvalue weighted by Gasteiger charge is 2.17. The van der Waals surface area contributed by atoms with Crippen LogP contribution in [0.15, 0.2) is 116 Å². The van der Waals surface area contributed by atoms with Gasteiger partial charge in [0.2, 0.25) is 0 Å². The van der Waals surface area contributed by atoms with Crippen LogP contribution in [0.4, 0.5) is 22.7 Å². The SMILES string of the molecule is C/C(O)=C(/N=Nc1ccc(-c2ccc(N=N/C(C(=O)Nc3ccc(Cl)cc3Cl)=C(/C)O)c(C)c2)cc1C)C(=O)Nc1ccc(Cl)cc1Cl. The van der Waals surface area contributed by atoms with Crippen LogP contribution < -0.4 is 10.6 Å². The molecule has 14 heteroatoms. The van der Waals surface area contributed by atoms with Gasteiger partial charge in [-0.1, -0.05) is 58.5 Å². The molecular formula is C34H28Cl4N6O4. The summed E-state index contributed by atoms with van der Waals surface area (Å²) in [6, 6.07) is 20.1. The van der Waals surface area contributed by atoms with E-state index < -0.39 is 11.8 Å². The molecule has 0 spiro atoms. The van der Waals surface area contributed by atoms with Crippen LogP contribution in [-0.4, -0.2) is 22.0 Å². The van der Waals surface area contributed by atoms with Crippen LogP contribution in [0.25, 0.3) is 11.1 Å². The van der Waals surface area contributed by atoms with E-state index >= 15 is 0 Å². The van der Waals surface area contributed by atoms with Crippen molar-refractivity contribution >= 4 is 81.0 Å². The predicted octanol–water partition coefficient (Wildman–Crippen LogP) is 11.6. The number of rotatable bonds is 9. The first-order valence-corrected chi connectivity index (χ1v) is 15.6. The third kappa shape index (κ3) is 9.20. The summed E-state index contributed by atoms with van der Waals surface area (Å²) < 4.78 is 0. The molecule has 0 radical (unpaired) electrons. The van der Waals surface area contributed by atoms with Crippen molar-refractivity contribution in [3.8, 4) is 11.1 Å². The zero-order valence-corrected chi connectivity index (χ0v) is 29.0. The second-order valence-corrected chi connectivity index (χ2v) is 12.1. The number of halogens is 4. The Kier molecular flexibility index (Phi) is 12.0. The Labute approximate surface area is 296 Å². The summed E-state index contributed by atoms with van der Waals surface area (Å²) in [6.07, 6.45) is 0. The minimum absolute atomic E-state index is 0.228. The van der Waals surface area contributed by atoms with Crippen molar-refractivity contribution in [2.45, 2.75) is 27.7 Å². The van der Waals surface area contributed by atoms with E-state index in [1.54, 1.807) is 24.3 Å². The maximum atomic E-state index is 12.8. The maximum Gasteiger partial charge on any atom is 0.279 e. The van der Waals surface area contributed by atoms with Crippen LogP contribution in [0.1, 0.15) is 25.0 Å². The lowest BCUT2D eigenvalue weighted by Gasteiger charge is -2.09. The fourth-order valence-electron chi connectivity index (χ4n) is 4.21. The van der Waals surface area contributed by atoms with Gasteiger partial charge >= 0.3 is 0 Å². The molecule has 0 aliphatic carbocycles. The number of azo groups is 2. The Balaban J connectivity index is 1.49. The fourth-order valence-corrected chi connectivity index (χ4v) is 5.12. The van der Waals surface area contributed by atoms with Gasteiger partial charge in [-0.3, -0.25) is 9.59 Å². The molecular weight excluding hydrogens is 698 g/mol. The number of aryl methyl sites for hydroxylation is 2. The van der Waals surface area contributed by atoms with Gasteiger partial charge in [0.05, 0.1) is 32.8 Å². The van der Waals surface area contributed by atoms with E-state index in [0.717, 1.165) is 22.3 Å². The monoisotopic (exact) mass is 724 g/mol. The minimum Gasteiger partial charge on any atom is -0.510 e. The maximum absolute atomic E-state index is 12.8. The van der Waals surface area contributed by atoms with Gasteiger partial charge in [-0.25, -0.2) is 0 Å². The molecule has 0 saturated heterocycles. The number of aliphatic hydroxyl groups is 2. The Morgan fingerprint density at radius 1 is 0.583 bits per heavy atom. The van der Waals surface area contributed by atoms with Gasteiger partial charge in [0.25, 0.3) is 11.8 Å². The summed E-state index contributed by atoms with van der Waals surface area (Å²) in [5, 5.41) is 43.1. The van der Waals surface area contributed by atoms with E-state index in [9.17, 15) is 19.8 Å². The molecule has 48 heavy (non-hydrogen) atoms. The van der Waals surface area contributed by atoms with Crippen LogP contribution in [0.2, 0.25) is 20.1 Å². The molecule has 0 heterocycles. The second-order valence-electron chi connectivity index (χ2n) is 10.4. The fraction of sp³-hybridized carbons (Fsp3) is 0.118. The highest BCUT2D eigenvalue weighted by atomic mass is 35.5. The van der Waals surface area contributed by atoms with E-state index in [4.69, 9.17) is 46.4 Å². The molecule has 0 fully saturated rings. The smallest absolute Gasteiger partial charge is 0.279 e. The van der Waals surface area contributed by atoms with E-state index in [1.807, 2.05) is 38.1 Å². The molecule has 0 aliphatic rings. The lowest BCUT2D eigenvalue weighted by Crippen LogP contribution is -2.14. The van der Waals surface area contributed by atoms with Gasteiger partial charge < -0.3 is 20.8 Å². The van der Waals surface area contributed by atoms with Gasteiger partial charge in [0.1, 0.15) is 11.5 Å². The van der Waals surface area contributed by atoms with Crippen molar-refractivity contribution in [1.82, 2.24) is 0 Å². The summed E-state index contributed by atoms with van der Waals surface area (Å²) in [6.45, 7) is 6.33. The number of aliphatic hydroxyl groups excluding tert-OH is 2. The molecule has 0 aliphatic heterocycles. The topological polar surface area (TPSA) is 148 Å². The zero-order chi connectivity index (χ0) is 35.1. The van der Waals surface area contributed by atoms with Gasteiger partial charge in [-0.05, 0) is 111 Å². The van der Waals surface area contributed by atoms with Crippen LogP contribution in [0.5, 0.6) is 0 Å². The molecule has 0 saturated carbocycles. The van der Waals surface area contributed by atoms with Crippen LogP contribution in [-0.2, 0) is 9.59 Å². The van der Waals surface area contributed by atoms with E-state index in [2.05, 4.69) is 31.1 Å². The van der Waals surface area contributed by atoms with Gasteiger partial charge in [-0.15, -0.1) is 20.5 Å². The number of nitrogens with zero attached hydrogens (tertiary/aromatic N) is 4. The number of hydrogen-bond acceptors (Lipinski definition) is 8. The van der Waals surface area contributed by atoms with E-state index in [1.165, 1.54) is 38.1 Å². The number of benzene rings is 4. The highest BCUT2D eigenvalue weighted by Crippen LogP contribution is 2.32. The number of amides is 2. The third-order valence-corrected chi connectivity index (χ3v) is 7.81. The second kappa shape index (κ2) is 15.9. The number of hydrogen-bond donors (Lipinski definition) is 4. The Morgan fingerprint density at radius 2 is 0.958 bits per heavy atom. The Bertz CT molecular complexity index is 1890. The average Bonchev–Trinajstić information content (AvgIpc) is 3.01. The molecule has 0 unspecified atom stereocenters. The summed E-state index contributed by atoms with van der Waals surface area (Å²) in [5.41, 5.74) is 4.24. The molecule has 0 atom stereocenters. The van der Waals surface area contributed by atoms with Crippen molar-refractivity contribution in [2.24, 2.45) is 20.5 Å². The summed E-state index contributed by atoms with van der Waals surface area (Å²) in [4.78, 5) is 25.6. The molecule has 0 bridgehead atoms. The number of carbonyl (C=O) groups excluding carboxylic acids is 2. The lowest BCUT2D eigenvalue weighted by molar-refractivity contribution is -0.113.